The highest BCUT2D eigenvalue weighted by molar-refractivity contribution is 6.00. The molecule has 6 rings (SSSR count). The van der Waals surface area contributed by atoms with E-state index >= 15 is 0 Å². The molecule has 3 aliphatic carbocycles. The van der Waals surface area contributed by atoms with E-state index in [9.17, 15) is 14.7 Å². The van der Waals surface area contributed by atoms with Crippen LogP contribution in [0.4, 0.5) is 0 Å². The molecule has 2 aromatic carbocycles. The minimum absolute atomic E-state index is 0.00332. The van der Waals surface area contributed by atoms with Crippen LogP contribution in [0.15, 0.2) is 42.6 Å². The summed E-state index contributed by atoms with van der Waals surface area (Å²) in [6.07, 6.45) is 3.37. The van der Waals surface area contributed by atoms with E-state index in [-0.39, 0.29) is 16.9 Å². The average Bonchev–Trinajstić information content (AvgIpc) is 3.08. The maximum atomic E-state index is 12.2. The summed E-state index contributed by atoms with van der Waals surface area (Å²) in [6.45, 7) is 0.721. The van der Waals surface area contributed by atoms with Crippen molar-refractivity contribution in [2.24, 2.45) is 18.2 Å². The van der Waals surface area contributed by atoms with Crippen LogP contribution in [0.1, 0.15) is 29.6 Å². The molecular weight excluding hydrogens is 412 g/mol. The number of carbonyl (C=O) groups is 2. The van der Waals surface area contributed by atoms with Gasteiger partial charge < -0.3 is 25.6 Å². The van der Waals surface area contributed by atoms with E-state index in [1.807, 2.05) is 7.05 Å². The predicted molar refractivity (Wildman–Crippen MR) is 115 cm³/mol. The normalized spacial score (nSPS) is 23.2. The molecule has 0 spiro atoms. The molecule has 0 radical (unpaired) electrons. The molecule has 9 nitrogen and oxygen atoms in total. The molecule has 3 aromatic rings. The second-order valence-corrected chi connectivity index (χ2v) is 8.75. The van der Waals surface area contributed by atoms with Gasteiger partial charge in [0.05, 0.1) is 34.8 Å². The van der Waals surface area contributed by atoms with Crippen LogP contribution in [0.3, 0.4) is 0 Å². The largest absolute Gasteiger partial charge is 0.492 e. The fourth-order valence-corrected chi connectivity index (χ4v) is 4.68. The minimum Gasteiger partial charge on any atom is -0.492 e. The van der Waals surface area contributed by atoms with Crippen molar-refractivity contribution >= 4 is 22.7 Å². The number of ether oxygens (including phenoxy) is 2. The highest BCUT2D eigenvalue weighted by Gasteiger charge is 2.71. The zero-order valence-electron chi connectivity index (χ0n) is 17.6. The van der Waals surface area contributed by atoms with Gasteiger partial charge in [0.25, 0.3) is 5.91 Å². The molecule has 1 heterocycles. The van der Waals surface area contributed by atoms with Crippen LogP contribution in [-0.2, 0) is 11.8 Å². The third-order valence-corrected chi connectivity index (χ3v) is 6.30. The Morgan fingerprint density at radius 3 is 2.53 bits per heavy atom. The third kappa shape index (κ3) is 3.44. The lowest BCUT2D eigenvalue weighted by atomic mass is 9.41. The van der Waals surface area contributed by atoms with Crippen LogP contribution >= 0.6 is 0 Å². The average molecular weight is 436 g/mol. The number of aromatic nitrogens is 2. The molecular formula is C23H24N4O5. The van der Waals surface area contributed by atoms with E-state index in [0.717, 1.165) is 10.9 Å². The number of primary amides is 1. The van der Waals surface area contributed by atoms with Crippen LogP contribution in [0.25, 0.3) is 10.9 Å². The topological polar surface area (TPSA) is 129 Å². The molecule has 0 saturated heterocycles. The first-order chi connectivity index (χ1) is 15.3. The summed E-state index contributed by atoms with van der Waals surface area (Å²) in [5.74, 6) is 0.917. The predicted octanol–water partition coefficient (Wildman–Crippen LogP) is 1.87. The fraction of sp³-hybridized carbons (Fsp3) is 0.348. The number of aryl methyl sites for hydroxylation is 1. The van der Waals surface area contributed by atoms with Crippen molar-refractivity contribution in [2.45, 2.75) is 24.9 Å². The lowest BCUT2D eigenvalue weighted by molar-refractivity contribution is -0.250. The molecule has 0 unspecified atom stereocenters. The summed E-state index contributed by atoms with van der Waals surface area (Å²) >= 11 is 0. The van der Waals surface area contributed by atoms with Gasteiger partial charge in [-0.15, -0.1) is 0 Å². The Hall–Kier alpha value is -3.59. The van der Waals surface area contributed by atoms with Gasteiger partial charge in [0.2, 0.25) is 5.91 Å². The van der Waals surface area contributed by atoms with E-state index in [2.05, 4.69) is 10.4 Å². The summed E-state index contributed by atoms with van der Waals surface area (Å²) in [4.78, 5) is 24.1. The highest BCUT2D eigenvalue weighted by atomic mass is 16.5. The lowest BCUT2D eigenvalue weighted by Gasteiger charge is -2.66. The number of benzene rings is 2. The standard InChI is InChI=1S/C23H24N4O5/c1-27-18-9-19(17(20(24)28)8-14(18)10-26-27)32-16-4-2-15(3-5-16)31-7-6-25-21(29)22-11-23(30,12-22)13-22/h2-5,8-10,30H,6-7,11-13H2,1H3,(H2,24,28)(H,25,29). The number of rotatable bonds is 8. The number of aliphatic hydroxyl groups is 1. The number of carbonyl (C=O) groups excluding carboxylic acids is 2. The Morgan fingerprint density at radius 1 is 1.19 bits per heavy atom. The van der Waals surface area contributed by atoms with Gasteiger partial charge in [-0.05, 0) is 49.6 Å². The first-order valence-electron chi connectivity index (χ1n) is 10.4. The van der Waals surface area contributed by atoms with Crippen molar-refractivity contribution in [3.8, 4) is 17.2 Å². The van der Waals surface area contributed by atoms with Crippen molar-refractivity contribution in [1.29, 1.82) is 0 Å². The summed E-state index contributed by atoms with van der Waals surface area (Å²) < 4.78 is 13.3. The van der Waals surface area contributed by atoms with Gasteiger partial charge in [0.1, 0.15) is 23.9 Å². The quantitative estimate of drug-likeness (QED) is 0.463. The zero-order chi connectivity index (χ0) is 22.5. The van der Waals surface area contributed by atoms with E-state index in [0.29, 0.717) is 49.7 Å². The molecule has 32 heavy (non-hydrogen) atoms. The summed E-state index contributed by atoms with van der Waals surface area (Å²) in [7, 11) is 1.81. The minimum atomic E-state index is -0.584. The SMILES string of the molecule is Cn1ncc2cc(C(N)=O)c(Oc3ccc(OCCNC(=O)C45CC(O)(C4)C5)cc3)cc21. The Morgan fingerprint density at radius 2 is 1.88 bits per heavy atom. The lowest BCUT2D eigenvalue weighted by Crippen LogP contribution is -2.72. The number of nitrogens with two attached hydrogens (primary N) is 1. The van der Waals surface area contributed by atoms with Gasteiger partial charge in [0, 0.05) is 18.5 Å². The maximum absolute atomic E-state index is 12.2. The van der Waals surface area contributed by atoms with E-state index < -0.39 is 11.5 Å². The van der Waals surface area contributed by atoms with Crippen molar-refractivity contribution in [1.82, 2.24) is 15.1 Å². The van der Waals surface area contributed by atoms with Crippen molar-refractivity contribution in [2.75, 3.05) is 13.2 Å². The third-order valence-electron chi connectivity index (χ3n) is 6.30. The number of nitrogens with one attached hydrogen (secondary N) is 1. The second kappa shape index (κ2) is 7.23. The van der Waals surface area contributed by atoms with Crippen molar-refractivity contribution in [3.63, 3.8) is 0 Å². The molecule has 3 saturated carbocycles. The Labute approximate surface area is 184 Å². The molecule has 9 heteroatoms. The Balaban J connectivity index is 1.17. The second-order valence-electron chi connectivity index (χ2n) is 8.75. The molecule has 2 amide bonds. The van der Waals surface area contributed by atoms with Crippen LogP contribution in [0.5, 0.6) is 17.2 Å². The van der Waals surface area contributed by atoms with E-state index in [4.69, 9.17) is 15.2 Å². The first-order valence-corrected chi connectivity index (χ1v) is 10.4. The van der Waals surface area contributed by atoms with Gasteiger partial charge in [0.15, 0.2) is 0 Å². The van der Waals surface area contributed by atoms with Crippen LogP contribution < -0.4 is 20.5 Å². The van der Waals surface area contributed by atoms with Crippen molar-refractivity contribution in [3.05, 3.63) is 48.2 Å². The fourth-order valence-electron chi connectivity index (χ4n) is 4.68. The number of hydrogen-bond donors (Lipinski definition) is 3. The van der Waals surface area contributed by atoms with Crippen LogP contribution in [0, 0.1) is 5.41 Å². The number of fused-ring (bicyclic) bond motifs is 1. The monoisotopic (exact) mass is 436 g/mol. The van der Waals surface area contributed by atoms with Crippen LogP contribution in [0.2, 0.25) is 0 Å². The molecule has 3 fully saturated rings. The summed E-state index contributed by atoms with van der Waals surface area (Å²) in [5.41, 5.74) is 5.68. The van der Waals surface area contributed by atoms with Gasteiger partial charge in [-0.2, -0.15) is 5.10 Å². The molecule has 3 aliphatic rings. The van der Waals surface area contributed by atoms with E-state index in [1.165, 1.54) is 0 Å². The number of amides is 2. The number of nitrogens with zero attached hydrogens (tertiary/aromatic N) is 2. The van der Waals surface area contributed by atoms with Gasteiger partial charge in [-0.25, -0.2) is 0 Å². The smallest absolute Gasteiger partial charge is 0.252 e. The summed E-state index contributed by atoms with van der Waals surface area (Å²) in [6, 6.07) is 10.4. The molecule has 0 atom stereocenters. The Bertz CT molecular complexity index is 1200. The maximum Gasteiger partial charge on any atom is 0.252 e. The molecule has 0 aliphatic heterocycles. The van der Waals surface area contributed by atoms with E-state index in [1.54, 1.807) is 47.3 Å². The molecule has 2 bridgehead atoms. The summed E-state index contributed by atoms with van der Waals surface area (Å²) in [5, 5.41) is 17.6. The molecule has 166 valence electrons. The van der Waals surface area contributed by atoms with Gasteiger partial charge in [-0.3, -0.25) is 14.3 Å². The van der Waals surface area contributed by atoms with Gasteiger partial charge >= 0.3 is 0 Å². The number of hydrogen-bond acceptors (Lipinski definition) is 6. The molecule has 4 N–H and O–H groups in total. The van der Waals surface area contributed by atoms with Crippen LogP contribution in [-0.4, -0.2) is 45.5 Å². The zero-order valence-corrected chi connectivity index (χ0v) is 17.6. The molecule has 1 aromatic heterocycles. The first kappa shape index (κ1) is 20.3. The highest BCUT2D eigenvalue weighted by Crippen LogP contribution is 2.67. The van der Waals surface area contributed by atoms with Gasteiger partial charge in [-0.1, -0.05) is 0 Å². The van der Waals surface area contributed by atoms with Crippen molar-refractivity contribution < 1.29 is 24.2 Å². The Kier molecular flexibility index (Phi) is 4.59.